The zero-order valence-corrected chi connectivity index (χ0v) is 18.2. The fraction of sp³-hybridized carbons (Fsp3) is 0.300. The second-order valence-electron chi connectivity index (χ2n) is 6.60. The number of rotatable bonds is 6. The number of ether oxygens (including phenoxy) is 1. The lowest BCUT2D eigenvalue weighted by Gasteiger charge is -2.10. The number of fused-ring (bicyclic) bond motifs is 1. The SMILES string of the molecule is CCc1cc(=O)n2nc(NC(C)c3sc(-c4ccc(OC)cc4)nc3C)sc2n1. The molecule has 4 rings (SSSR count). The van der Waals surface area contributed by atoms with Crippen LogP contribution in [0.1, 0.15) is 36.2 Å². The maximum atomic E-state index is 12.2. The van der Waals surface area contributed by atoms with E-state index in [1.807, 2.05) is 38.1 Å². The van der Waals surface area contributed by atoms with Crippen LogP contribution in [0.4, 0.5) is 5.13 Å². The van der Waals surface area contributed by atoms with Crippen LogP contribution in [-0.4, -0.2) is 26.7 Å². The van der Waals surface area contributed by atoms with Crippen LogP contribution < -0.4 is 15.6 Å². The summed E-state index contributed by atoms with van der Waals surface area (Å²) in [5.74, 6) is 0.822. The van der Waals surface area contributed by atoms with Crippen molar-refractivity contribution in [3.63, 3.8) is 0 Å². The molecule has 9 heteroatoms. The van der Waals surface area contributed by atoms with Crippen LogP contribution in [0, 0.1) is 6.92 Å². The van der Waals surface area contributed by atoms with Gasteiger partial charge in [-0.05, 0) is 44.5 Å². The molecule has 1 N–H and O–H groups in total. The van der Waals surface area contributed by atoms with Crippen molar-refractivity contribution in [3.8, 4) is 16.3 Å². The fourth-order valence-corrected chi connectivity index (χ4v) is 5.00. The zero-order valence-electron chi connectivity index (χ0n) is 16.6. The first-order valence-electron chi connectivity index (χ1n) is 9.26. The van der Waals surface area contributed by atoms with E-state index in [2.05, 4.69) is 22.3 Å². The number of anilines is 1. The van der Waals surface area contributed by atoms with Crippen molar-refractivity contribution in [2.45, 2.75) is 33.2 Å². The molecular weight excluding hydrogens is 406 g/mol. The van der Waals surface area contributed by atoms with Crippen molar-refractivity contribution in [2.24, 2.45) is 0 Å². The Bertz CT molecular complexity index is 1210. The Labute approximate surface area is 176 Å². The van der Waals surface area contributed by atoms with E-state index in [-0.39, 0.29) is 11.6 Å². The molecule has 0 aliphatic rings. The summed E-state index contributed by atoms with van der Waals surface area (Å²) in [5.41, 5.74) is 2.66. The predicted octanol–water partition coefficient (Wildman–Crippen LogP) is 4.33. The molecule has 0 aliphatic carbocycles. The number of methoxy groups -OCH3 is 1. The molecule has 4 aromatic rings. The van der Waals surface area contributed by atoms with E-state index in [1.165, 1.54) is 21.9 Å². The Morgan fingerprint density at radius 2 is 1.97 bits per heavy atom. The normalized spacial score (nSPS) is 12.3. The van der Waals surface area contributed by atoms with Gasteiger partial charge in [0.2, 0.25) is 10.1 Å². The zero-order chi connectivity index (χ0) is 20.5. The molecule has 0 saturated heterocycles. The van der Waals surface area contributed by atoms with Gasteiger partial charge in [-0.3, -0.25) is 4.79 Å². The summed E-state index contributed by atoms with van der Waals surface area (Å²) < 4.78 is 6.57. The number of hydrogen-bond acceptors (Lipinski definition) is 8. The van der Waals surface area contributed by atoms with Crippen molar-refractivity contribution < 1.29 is 4.74 Å². The highest BCUT2D eigenvalue weighted by atomic mass is 32.1. The fourth-order valence-electron chi connectivity index (χ4n) is 3.01. The number of aryl methyl sites for hydroxylation is 2. The summed E-state index contributed by atoms with van der Waals surface area (Å²) >= 11 is 3.02. The van der Waals surface area contributed by atoms with Gasteiger partial charge in [0, 0.05) is 17.3 Å². The number of nitrogens with zero attached hydrogens (tertiary/aromatic N) is 4. The van der Waals surface area contributed by atoms with Crippen LogP contribution >= 0.6 is 22.7 Å². The Morgan fingerprint density at radius 3 is 2.66 bits per heavy atom. The van der Waals surface area contributed by atoms with Crippen molar-refractivity contribution in [3.05, 3.63) is 57.0 Å². The van der Waals surface area contributed by atoms with Crippen molar-refractivity contribution in [1.29, 1.82) is 0 Å². The van der Waals surface area contributed by atoms with Gasteiger partial charge < -0.3 is 10.1 Å². The maximum absolute atomic E-state index is 12.2. The van der Waals surface area contributed by atoms with Gasteiger partial charge in [-0.2, -0.15) is 4.52 Å². The topological polar surface area (TPSA) is 81.4 Å². The molecular formula is C20H21N5O2S2. The molecule has 1 atom stereocenters. The Kier molecular flexibility index (Phi) is 5.33. The first-order valence-corrected chi connectivity index (χ1v) is 10.9. The molecule has 1 aromatic carbocycles. The first kappa shape index (κ1) is 19.5. The molecule has 29 heavy (non-hydrogen) atoms. The van der Waals surface area contributed by atoms with Crippen LogP contribution in [0.3, 0.4) is 0 Å². The van der Waals surface area contributed by atoms with Crippen molar-refractivity contribution >= 4 is 32.8 Å². The van der Waals surface area contributed by atoms with Gasteiger partial charge in [-0.25, -0.2) is 9.97 Å². The van der Waals surface area contributed by atoms with Gasteiger partial charge in [0.05, 0.1) is 23.7 Å². The highest BCUT2D eigenvalue weighted by molar-refractivity contribution is 7.20. The van der Waals surface area contributed by atoms with Crippen molar-refractivity contribution in [2.75, 3.05) is 12.4 Å². The Balaban J connectivity index is 1.59. The van der Waals surface area contributed by atoms with E-state index in [0.29, 0.717) is 10.1 Å². The van der Waals surface area contributed by atoms with Crippen LogP contribution in [0.5, 0.6) is 5.75 Å². The minimum atomic E-state index is -0.153. The van der Waals surface area contributed by atoms with Gasteiger partial charge in [0.1, 0.15) is 10.8 Å². The van der Waals surface area contributed by atoms with Gasteiger partial charge in [-0.1, -0.05) is 18.3 Å². The van der Waals surface area contributed by atoms with Gasteiger partial charge in [-0.15, -0.1) is 16.4 Å². The number of thiazole rings is 1. The highest BCUT2D eigenvalue weighted by Gasteiger charge is 2.17. The molecule has 0 spiro atoms. The third-order valence-corrected chi connectivity index (χ3v) is 6.79. The standard InChI is InChI=1S/C20H21N5O2S2/c1-5-14-10-16(26)25-20(23-14)29-19(24-25)22-12(3)17-11(2)21-18(28-17)13-6-8-15(27-4)9-7-13/h6-10,12H,5H2,1-4H3,(H,22,24). The van der Waals surface area contributed by atoms with E-state index >= 15 is 0 Å². The molecule has 150 valence electrons. The van der Waals surface area contributed by atoms with Crippen LogP contribution in [0.2, 0.25) is 0 Å². The van der Waals surface area contributed by atoms with Crippen LogP contribution in [-0.2, 0) is 6.42 Å². The largest absolute Gasteiger partial charge is 0.497 e. The Morgan fingerprint density at radius 1 is 1.21 bits per heavy atom. The van der Waals surface area contributed by atoms with Gasteiger partial charge >= 0.3 is 0 Å². The molecule has 0 aliphatic heterocycles. The third-order valence-electron chi connectivity index (χ3n) is 4.56. The lowest BCUT2D eigenvalue weighted by molar-refractivity contribution is 0.415. The molecule has 0 radical (unpaired) electrons. The van der Waals surface area contributed by atoms with Crippen LogP contribution in [0.25, 0.3) is 15.5 Å². The average molecular weight is 428 g/mol. The van der Waals surface area contributed by atoms with E-state index in [0.717, 1.165) is 39.0 Å². The monoisotopic (exact) mass is 427 g/mol. The quantitative estimate of drug-likeness (QED) is 0.493. The summed E-state index contributed by atoms with van der Waals surface area (Å²) in [7, 11) is 1.66. The van der Waals surface area contributed by atoms with E-state index in [1.54, 1.807) is 18.4 Å². The second kappa shape index (κ2) is 7.92. The lowest BCUT2D eigenvalue weighted by atomic mass is 10.2. The molecule has 7 nitrogen and oxygen atoms in total. The average Bonchev–Trinajstić information content (AvgIpc) is 3.31. The molecule has 1 unspecified atom stereocenters. The third kappa shape index (κ3) is 3.88. The van der Waals surface area contributed by atoms with E-state index in [9.17, 15) is 4.79 Å². The van der Waals surface area contributed by atoms with E-state index in [4.69, 9.17) is 9.72 Å². The predicted molar refractivity (Wildman–Crippen MR) is 117 cm³/mol. The van der Waals surface area contributed by atoms with Gasteiger partial charge in [0.25, 0.3) is 5.56 Å². The second-order valence-corrected chi connectivity index (χ2v) is 8.59. The maximum Gasteiger partial charge on any atom is 0.275 e. The molecule has 0 fully saturated rings. The van der Waals surface area contributed by atoms with Crippen molar-refractivity contribution in [1.82, 2.24) is 19.6 Å². The molecule has 0 saturated carbocycles. The minimum Gasteiger partial charge on any atom is -0.497 e. The molecule has 0 amide bonds. The van der Waals surface area contributed by atoms with Crippen LogP contribution in [0.15, 0.2) is 35.1 Å². The number of benzene rings is 1. The minimum absolute atomic E-state index is 0.00130. The van der Waals surface area contributed by atoms with Gasteiger partial charge in [0.15, 0.2) is 0 Å². The summed E-state index contributed by atoms with van der Waals surface area (Å²) in [6, 6.07) is 9.43. The number of nitrogens with one attached hydrogen (secondary N) is 1. The summed E-state index contributed by atoms with van der Waals surface area (Å²) in [6.07, 6.45) is 0.719. The summed E-state index contributed by atoms with van der Waals surface area (Å²) in [4.78, 5) is 23.2. The summed E-state index contributed by atoms with van der Waals surface area (Å²) in [6.45, 7) is 6.06. The highest BCUT2D eigenvalue weighted by Crippen LogP contribution is 2.34. The van der Waals surface area contributed by atoms with E-state index < -0.39 is 0 Å². The Hall–Kier alpha value is -2.78. The molecule has 0 bridgehead atoms. The lowest BCUT2D eigenvalue weighted by Crippen LogP contribution is -2.15. The molecule has 3 heterocycles. The first-order chi connectivity index (χ1) is 14.0. The number of aromatic nitrogens is 4. The molecule has 3 aromatic heterocycles. The summed E-state index contributed by atoms with van der Waals surface area (Å²) in [5, 5.41) is 9.40. The smallest absolute Gasteiger partial charge is 0.275 e. The number of hydrogen-bond donors (Lipinski definition) is 1.